The van der Waals surface area contributed by atoms with Crippen molar-refractivity contribution in [3.63, 3.8) is 0 Å². The summed E-state index contributed by atoms with van der Waals surface area (Å²) >= 11 is 5.64. The zero-order valence-corrected chi connectivity index (χ0v) is 9.91. The van der Waals surface area contributed by atoms with Gasteiger partial charge in [-0.05, 0) is 18.2 Å². The van der Waals surface area contributed by atoms with Crippen LogP contribution < -0.4 is 10.5 Å². The van der Waals surface area contributed by atoms with Crippen molar-refractivity contribution in [1.29, 1.82) is 5.41 Å². The van der Waals surface area contributed by atoms with E-state index in [0.717, 1.165) is 0 Å². The van der Waals surface area contributed by atoms with Gasteiger partial charge in [0, 0.05) is 12.3 Å². The predicted octanol–water partition coefficient (Wildman–Crippen LogP) is 2.95. The van der Waals surface area contributed by atoms with Gasteiger partial charge in [-0.2, -0.15) is 0 Å². The van der Waals surface area contributed by atoms with Gasteiger partial charge in [0.05, 0.1) is 5.02 Å². The summed E-state index contributed by atoms with van der Waals surface area (Å²) in [6.45, 7) is 0. The van der Waals surface area contributed by atoms with Crippen LogP contribution in [0.25, 0.3) is 0 Å². The Morgan fingerprint density at radius 2 is 2.17 bits per heavy atom. The number of aromatic nitrogens is 1. The molecule has 2 aromatic rings. The van der Waals surface area contributed by atoms with Gasteiger partial charge in [-0.1, -0.05) is 17.7 Å². The first-order chi connectivity index (χ1) is 8.58. The van der Waals surface area contributed by atoms with Crippen LogP contribution >= 0.6 is 11.6 Å². The van der Waals surface area contributed by atoms with Crippen molar-refractivity contribution < 1.29 is 9.13 Å². The molecule has 0 aliphatic carbocycles. The van der Waals surface area contributed by atoms with Crippen LogP contribution in [-0.2, 0) is 0 Å². The van der Waals surface area contributed by atoms with E-state index in [1.165, 1.54) is 30.5 Å². The molecular weight excluding hydrogens is 257 g/mol. The third-order valence-corrected chi connectivity index (χ3v) is 2.44. The maximum Gasteiger partial charge on any atom is 0.184 e. The van der Waals surface area contributed by atoms with Gasteiger partial charge in [-0.3, -0.25) is 10.4 Å². The number of rotatable bonds is 3. The smallest absolute Gasteiger partial charge is 0.184 e. The molecule has 3 N–H and O–H groups in total. The molecule has 92 valence electrons. The number of pyridine rings is 1. The number of benzene rings is 1. The van der Waals surface area contributed by atoms with E-state index < -0.39 is 5.82 Å². The van der Waals surface area contributed by atoms with Gasteiger partial charge >= 0.3 is 0 Å². The normalized spacial score (nSPS) is 10.1. The molecular formula is C12H9ClFN3O. The second kappa shape index (κ2) is 5.01. The van der Waals surface area contributed by atoms with Crippen molar-refractivity contribution in [2.24, 2.45) is 5.73 Å². The zero-order chi connectivity index (χ0) is 13.1. The summed E-state index contributed by atoms with van der Waals surface area (Å²) in [7, 11) is 0. The van der Waals surface area contributed by atoms with E-state index in [2.05, 4.69) is 4.98 Å². The molecule has 0 bridgehead atoms. The van der Waals surface area contributed by atoms with Crippen LogP contribution in [0.3, 0.4) is 0 Å². The van der Waals surface area contributed by atoms with Gasteiger partial charge in [0.15, 0.2) is 11.6 Å². The molecule has 0 amide bonds. The lowest BCUT2D eigenvalue weighted by Gasteiger charge is -2.08. The Balaban J connectivity index is 2.31. The Morgan fingerprint density at radius 1 is 1.39 bits per heavy atom. The summed E-state index contributed by atoms with van der Waals surface area (Å²) in [5, 5.41) is 7.23. The second-order valence-electron chi connectivity index (χ2n) is 3.44. The Kier molecular flexibility index (Phi) is 3.43. The van der Waals surface area contributed by atoms with Crippen LogP contribution in [0.15, 0.2) is 36.5 Å². The minimum Gasteiger partial charge on any atom is -0.454 e. The molecule has 0 saturated heterocycles. The van der Waals surface area contributed by atoms with Crippen molar-refractivity contribution in [3.8, 4) is 11.5 Å². The van der Waals surface area contributed by atoms with Gasteiger partial charge in [0.2, 0.25) is 0 Å². The van der Waals surface area contributed by atoms with E-state index >= 15 is 0 Å². The van der Waals surface area contributed by atoms with E-state index in [4.69, 9.17) is 27.5 Å². The van der Waals surface area contributed by atoms with E-state index in [0.29, 0.717) is 5.75 Å². The number of hydrogen-bond donors (Lipinski definition) is 2. The van der Waals surface area contributed by atoms with Gasteiger partial charge in [-0.25, -0.2) is 4.39 Å². The second-order valence-corrected chi connectivity index (χ2v) is 3.85. The maximum atomic E-state index is 13.6. The highest BCUT2D eigenvalue weighted by Crippen LogP contribution is 2.28. The maximum absolute atomic E-state index is 13.6. The number of nitrogens with one attached hydrogen (secondary N) is 1. The van der Waals surface area contributed by atoms with Gasteiger partial charge in [-0.15, -0.1) is 0 Å². The van der Waals surface area contributed by atoms with Crippen LogP contribution in [0, 0.1) is 11.2 Å². The Labute approximate surface area is 108 Å². The van der Waals surface area contributed by atoms with Crippen LogP contribution in [0.5, 0.6) is 11.5 Å². The minimum absolute atomic E-state index is 0.00296. The number of ether oxygens (including phenoxy) is 1. The summed E-state index contributed by atoms with van der Waals surface area (Å²) in [5.41, 5.74) is 5.56. The highest BCUT2D eigenvalue weighted by Gasteiger charge is 2.09. The van der Waals surface area contributed by atoms with Gasteiger partial charge in [0.1, 0.15) is 17.3 Å². The molecule has 1 heterocycles. The van der Waals surface area contributed by atoms with Crippen molar-refractivity contribution in [1.82, 2.24) is 4.98 Å². The van der Waals surface area contributed by atoms with Gasteiger partial charge in [0.25, 0.3) is 0 Å². The molecule has 0 unspecified atom stereocenters. The topological polar surface area (TPSA) is 72.0 Å². The largest absolute Gasteiger partial charge is 0.454 e. The zero-order valence-electron chi connectivity index (χ0n) is 9.15. The molecule has 0 atom stereocenters. The number of nitrogens with zero attached hydrogens (tertiary/aromatic N) is 1. The Hall–Kier alpha value is -2.14. The highest BCUT2D eigenvalue weighted by atomic mass is 35.5. The van der Waals surface area contributed by atoms with Crippen molar-refractivity contribution in [2.45, 2.75) is 0 Å². The SMILES string of the molecule is N=C(N)c1cc(Oc2cccc(Cl)c2F)ccn1. The molecule has 0 radical (unpaired) electrons. The molecule has 2 rings (SSSR count). The Morgan fingerprint density at radius 3 is 2.89 bits per heavy atom. The van der Waals surface area contributed by atoms with Crippen LogP contribution in [-0.4, -0.2) is 10.8 Å². The average molecular weight is 266 g/mol. The first-order valence-electron chi connectivity index (χ1n) is 5.00. The predicted molar refractivity (Wildman–Crippen MR) is 66.7 cm³/mol. The lowest BCUT2D eigenvalue weighted by atomic mass is 10.3. The first kappa shape index (κ1) is 12.3. The summed E-state index contributed by atoms with van der Waals surface area (Å²) in [6.07, 6.45) is 1.43. The average Bonchev–Trinajstić information content (AvgIpc) is 2.35. The van der Waals surface area contributed by atoms with Crippen molar-refractivity contribution >= 4 is 17.4 Å². The third-order valence-electron chi connectivity index (χ3n) is 2.15. The molecule has 0 saturated carbocycles. The lowest BCUT2D eigenvalue weighted by molar-refractivity contribution is 0.442. The standard InChI is InChI=1S/C12H9ClFN3O/c13-8-2-1-3-10(11(8)14)18-7-4-5-17-9(6-7)12(15)16/h1-6H,(H3,15,16). The van der Waals surface area contributed by atoms with Crippen molar-refractivity contribution in [3.05, 3.63) is 53.1 Å². The molecule has 0 spiro atoms. The molecule has 0 fully saturated rings. The molecule has 4 nitrogen and oxygen atoms in total. The molecule has 0 aliphatic heterocycles. The first-order valence-corrected chi connectivity index (χ1v) is 5.38. The number of halogens is 2. The Bertz CT molecular complexity index is 604. The monoisotopic (exact) mass is 265 g/mol. The number of nitrogen functional groups attached to an aromatic ring is 1. The molecule has 0 aliphatic rings. The quantitative estimate of drug-likeness (QED) is 0.662. The van der Waals surface area contributed by atoms with E-state index in [9.17, 15) is 4.39 Å². The molecule has 18 heavy (non-hydrogen) atoms. The molecule has 1 aromatic heterocycles. The van der Waals surface area contributed by atoms with Crippen LogP contribution in [0.1, 0.15) is 5.69 Å². The summed E-state index contributed by atoms with van der Waals surface area (Å²) < 4.78 is 18.9. The highest BCUT2D eigenvalue weighted by molar-refractivity contribution is 6.30. The van der Waals surface area contributed by atoms with Crippen molar-refractivity contribution in [2.75, 3.05) is 0 Å². The van der Waals surface area contributed by atoms with Crippen LogP contribution in [0.4, 0.5) is 4.39 Å². The molecule has 6 heteroatoms. The minimum atomic E-state index is -0.639. The fourth-order valence-corrected chi connectivity index (χ4v) is 1.48. The summed E-state index contributed by atoms with van der Waals surface area (Å²) in [4.78, 5) is 3.87. The van der Waals surface area contributed by atoms with E-state index in [1.54, 1.807) is 6.07 Å². The summed E-state index contributed by atoms with van der Waals surface area (Å²) in [6, 6.07) is 7.44. The number of nitrogens with two attached hydrogens (primary N) is 1. The molecule has 1 aromatic carbocycles. The van der Waals surface area contributed by atoms with Gasteiger partial charge < -0.3 is 10.5 Å². The fourth-order valence-electron chi connectivity index (χ4n) is 1.31. The summed E-state index contributed by atoms with van der Waals surface area (Å²) in [5.74, 6) is -0.494. The van der Waals surface area contributed by atoms with Crippen LogP contribution in [0.2, 0.25) is 5.02 Å². The third kappa shape index (κ3) is 2.57. The van der Waals surface area contributed by atoms with E-state index in [-0.39, 0.29) is 22.3 Å². The fraction of sp³-hybridized carbons (Fsp3) is 0. The van der Waals surface area contributed by atoms with E-state index in [1.807, 2.05) is 0 Å². The number of hydrogen-bond acceptors (Lipinski definition) is 3. The number of amidine groups is 1. The lowest BCUT2D eigenvalue weighted by Crippen LogP contribution is -2.12.